The van der Waals surface area contributed by atoms with Crippen LogP contribution in [0.15, 0.2) is 48.5 Å². The minimum Gasteiger partial charge on any atom is -0.486 e. The third kappa shape index (κ3) is 3.45. The third-order valence-corrected chi connectivity index (χ3v) is 3.05. The van der Waals surface area contributed by atoms with E-state index in [0.717, 1.165) is 5.69 Å². The summed E-state index contributed by atoms with van der Waals surface area (Å²) in [5.74, 6) is 1.26. The molecule has 0 fully saturated rings. The molecule has 2 N–H and O–H groups in total. The SMILES string of the molecule is O=C(CNc1ccccc1)Nc1ccc2c(c1)OCCO2. The molecule has 0 saturated heterocycles. The summed E-state index contributed by atoms with van der Waals surface area (Å²) in [6.45, 7) is 1.29. The van der Waals surface area contributed by atoms with Crippen LogP contribution >= 0.6 is 0 Å². The normalized spacial score (nSPS) is 12.6. The van der Waals surface area contributed by atoms with Crippen LogP contribution < -0.4 is 20.1 Å². The molecule has 3 rings (SSSR count). The van der Waals surface area contributed by atoms with Crippen molar-refractivity contribution in [3.05, 3.63) is 48.5 Å². The highest BCUT2D eigenvalue weighted by Crippen LogP contribution is 2.32. The molecule has 5 heteroatoms. The number of amides is 1. The van der Waals surface area contributed by atoms with Gasteiger partial charge in [-0.25, -0.2) is 0 Å². The summed E-state index contributed by atoms with van der Waals surface area (Å²) in [4.78, 5) is 11.9. The number of anilines is 2. The van der Waals surface area contributed by atoms with Crippen molar-refractivity contribution >= 4 is 17.3 Å². The Kier molecular flexibility index (Phi) is 3.91. The first-order valence-electron chi connectivity index (χ1n) is 6.80. The predicted molar refractivity (Wildman–Crippen MR) is 81.0 cm³/mol. The lowest BCUT2D eigenvalue weighted by molar-refractivity contribution is -0.114. The third-order valence-electron chi connectivity index (χ3n) is 3.05. The van der Waals surface area contributed by atoms with Crippen molar-refractivity contribution in [2.75, 3.05) is 30.4 Å². The molecule has 0 bridgehead atoms. The summed E-state index contributed by atoms with van der Waals surface area (Å²) in [7, 11) is 0. The average Bonchev–Trinajstić information content (AvgIpc) is 2.54. The lowest BCUT2D eigenvalue weighted by atomic mass is 10.2. The lowest BCUT2D eigenvalue weighted by Crippen LogP contribution is -2.22. The van der Waals surface area contributed by atoms with Gasteiger partial charge in [-0.05, 0) is 24.3 Å². The van der Waals surface area contributed by atoms with E-state index in [4.69, 9.17) is 9.47 Å². The monoisotopic (exact) mass is 284 g/mol. The smallest absolute Gasteiger partial charge is 0.243 e. The fourth-order valence-electron chi connectivity index (χ4n) is 2.06. The number of hydrogen-bond acceptors (Lipinski definition) is 4. The van der Waals surface area contributed by atoms with Crippen LogP contribution in [0.5, 0.6) is 11.5 Å². The highest BCUT2D eigenvalue weighted by atomic mass is 16.6. The number of para-hydroxylation sites is 1. The van der Waals surface area contributed by atoms with Gasteiger partial charge in [0.25, 0.3) is 0 Å². The number of carbonyl (C=O) groups excluding carboxylic acids is 1. The van der Waals surface area contributed by atoms with Crippen LogP contribution in [0.3, 0.4) is 0 Å². The maximum Gasteiger partial charge on any atom is 0.243 e. The molecule has 1 heterocycles. The van der Waals surface area contributed by atoms with Crippen molar-refractivity contribution in [2.24, 2.45) is 0 Å². The zero-order valence-electron chi connectivity index (χ0n) is 11.5. The first kappa shape index (κ1) is 13.3. The molecule has 5 nitrogen and oxygen atoms in total. The molecule has 0 radical (unpaired) electrons. The minimum atomic E-state index is -0.115. The van der Waals surface area contributed by atoms with Crippen LogP contribution in [-0.2, 0) is 4.79 Å². The minimum absolute atomic E-state index is 0.115. The van der Waals surface area contributed by atoms with E-state index < -0.39 is 0 Å². The van der Waals surface area contributed by atoms with Gasteiger partial charge in [-0.1, -0.05) is 18.2 Å². The van der Waals surface area contributed by atoms with Crippen molar-refractivity contribution in [2.45, 2.75) is 0 Å². The Morgan fingerprint density at radius 1 is 0.952 bits per heavy atom. The van der Waals surface area contributed by atoms with Crippen LogP contribution in [-0.4, -0.2) is 25.7 Å². The van der Waals surface area contributed by atoms with Gasteiger partial charge in [-0.3, -0.25) is 4.79 Å². The summed E-state index contributed by atoms with van der Waals surface area (Å²) in [6, 6.07) is 15.0. The van der Waals surface area contributed by atoms with E-state index in [0.29, 0.717) is 30.4 Å². The van der Waals surface area contributed by atoms with E-state index in [1.165, 1.54) is 0 Å². The molecule has 1 aliphatic heterocycles. The van der Waals surface area contributed by atoms with E-state index in [-0.39, 0.29) is 12.5 Å². The Bertz CT molecular complexity index is 629. The number of carbonyl (C=O) groups is 1. The van der Waals surface area contributed by atoms with Crippen LogP contribution in [0.25, 0.3) is 0 Å². The van der Waals surface area contributed by atoms with E-state index in [9.17, 15) is 4.79 Å². The van der Waals surface area contributed by atoms with Crippen molar-refractivity contribution < 1.29 is 14.3 Å². The molecule has 0 atom stereocenters. The van der Waals surface area contributed by atoms with Crippen molar-refractivity contribution in [3.8, 4) is 11.5 Å². The Morgan fingerprint density at radius 3 is 2.52 bits per heavy atom. The van der Waals surface area contributed by atoms with E-state index in [2.05, 4.69) is 10.6 Å². The van der Waals surface area contributed by atoms with Gasteiger partial charge >= 0.3 is 0 Å². The second-order valence-corrected chi connectivity index (χ2v) is 4.63. The molecule has 1 aliphatic rings. The second kappa shape index (κ2) is 6.17. The average molecular weight is 284 g/mol. The van der Waals surface area contributed by atoms with Crippen LogP contribution in [0.1, 0.15) is 0 Å². The Morgan fingerprint density at radius 2 is 1.71 bits per heavy atom. The molecule has 108 valence electrons. The standard InChI is InChI=1S/C16H16N2O3/c19-16(11-17-12-4-2-1-3-5-12)18-13-6-7-14-15(10-13)21-9-8-20-14/h1-7,10,17H,8-9,11H2,(H,18,19). The Labute approximate surface area is 122 Å². The van der Waals surface area contributed by atoms with Crippen LogP contribution in [0, 0.1) is 0 Å². The van der Waals surface area contributed by atoms with Gasteiger partial charge < -0.3 is 20.1 Å². The highest BCUT2D eigenvalue weighted by molar-refractivity contribution is 5.94. The predicted octanol–water partition coefficient (Wildman–Crippen LogP) is 2.51. The summed E-state index contributed by atoms with van der Waals surface area (Å²) in [5, 5.41) is 5.88. The number of ether oxygens (including phenoxy) is 2. The molecule has 2 aromatic rings. The molecule has 2 aromatic carbocycles. The van der Waals surface area contributed by atoms with Gasteiger partial charge in [0.05, 0.1) is 6.54 Å². The Balaban J connectivity index is 1.57. The van der Waals surface area contributed by atoms with Gasteiger partial charge in [-0.2, -0.15) is 0 Å². The molecule has 0 spiro atoms. The van der Waals surface area contributed by atoms with E-state index in [1.54, 1.807) is 18.2 Å². The topological polar surface area (TPSA) is 59.6 Å². The molecule has 0 aromatic heterocycles. The first-order chi connectivity index (χ1) is 10.3. The van der Waals surface area contributed by atoms with Gasteiger partial charge in [0.2, 0.25) is 5.91 Å². The molecular formula is C16H16N2O3. The zero-order valence-corrected chi connectivity index (χ0v) is 11.5. The van der Waals surface area contributed by atoms with Gasteiger partial charge in [0.1, 0.15) is 13.2 Å². The fraction of sp³-hybridized carbons (Fsp3) is 0.188. The lowest BCUT2D eigenvalue weighted by Gasteiger charge is -2.19. The molecule has 21 heavy (non-hydrogen) atoms. The maximum atomic E-state index is 11.9. The van der Waals surface area contributed by atoms with Crippen molar-refractivity contribution in [3.63, 3.8) is 0 Å². The number of hydrogen-bond donors (Lipinski definition) is 2. The fourth-order valence-corrected chi connectivity index (χ4v) is 2.06. The van der Waals surface area contributed by atoms with Crippen LogP contribution in [0.4, 0.5) is 11.4 Å². The van der Waals surface area contributed by atoms with Gasteiger partial charge in [0.15, 0.2) is 11.5 Å². The number of nitrogens with one attached hydrogen (secondary N) is 2. The number of rotatable bonds is 4. The molecular weight excluding hydrogens is 268 g/mol. The highest BCUT2D eigenvalue weighted by Gasteiger charge is 2.12. The van der Waals surface area contributed by atoms with E-state index in [1.807, 2.05) is 30.3 Å². The van der Waals surface area contributed by atoms with E-state index >= 15 is 0 Å². The van der Waals surface area contributed by atoms with Crippen molar-refractivity contribution in [1.82, 2.24) is 0 Å². The van der Waals surface area contributed by atoms with Crippen LogP contribution in [0.2, 0.25) is 0 Å². The summed E-state index contributed by atoms with van der Waals surface area (Å²) in [6.07, 6.45) is 0. The molecule has 0 unspecified atom stereocenters. The summed E-state index contributed by atoms with van der Waals surface area (Å²) in [5.41, 5.74) is 1.61. The molecule has 1 amide bonds. The second-order valence-electron chi connectivity index (χ2n) is 4.63. The molecule has 0 aliphatic carbocycles. The maximum absolute atomic E-state index is 11.9. The van der Waals surface area contributed by atoms with Gasteiger partial charge in [-0.15, -0.1) is 0 Å². The number of benzene rings is 2. The van der Waals surface area contributed by atoms with Crippen molar-refractivity contribution in [1.29, 1.82) is 0 Å². The number of fused-ring (bicyclic) bond motifs is 1. The first-order valence-corrected chi connectivity index (χ1v) is 6.80. The quantitative estimate of drug-likeness (QED) is 0.905. The summed E-state index contributed by atoms with van der Waals surface area (Å²) >= 11 is 0. The largest absolute Gasteiger partial charge is 0.486 e. The Hall–Kier alpha value is -2.69. The molecule has 0 saturated carbocycles. The summed E-state index contributed by atoms with van der Waals surface area (Å²) < 4.78 is 10.9. The zero-order chi connectivity index (χ0) is 14.5. The van der Waals surface area contributed by atoms with Gasteiger partial charge in [0, 0.05) is 17.4 Å².